The molecule has 0 aliphatic carbocycles. The van der Waals surface area contributed by atoms with Gasteiger partial charge in [0.1, 0.15) is 5.69 Å². The van der Waals surface area contributed by atoms with Crippen molar-refractivity contribution < 1.29 is 4.79 Å². The smallest absolute Gasteiger partial charge is 0.269 e. The van der Waals surface area contributed by atoms with Gasteiger partial charge in [0.15, 0.2) is 0 Å². The molecule has 1 unspecified atom stereocenters. The van der Waals surface area contributed by atoms with Gasteiger partial charge in [-0.05, 0) is 58.2 Å². The maximum absolute atomic E-state index is 12.3. The maximum Gasteiger partial charge on any atom is 0.269 e. The second kappa shape index (κ2) is 7.17. The largest absolute Gasteiger partial charge is 0.351 e. The quantitative estimate of drug-likeness (QED) is 0.776. The van der Waals surface area contributed by atoms with Gasteiger partial charge in [0.2, 0.25) is 0 Å². The Hall–Kier alpha value is -2.15. The van der Waals surface area contributed by atoms with Crippen molar-refractivity contribution in [3.8, 4) is 11.3 Å². The first-order valence-corrected chi connectivity index (χ1v) is 8.61. The van der Waals surface area contributed by atoms with Crippen LogP contribution in [0.2, 0.25) is 0 Å². The van der Waals surface area contributed by atoms with Gasteiger partial charge in [0.05, 0.1) is 11.4 Å². The van der Waals surface area contributed by atoms with Gasteiger partial charge in [0.25, 0.3) is 5.91 Å². The lowest BCUT2D eigenvalue weighted by atomic mass is 9.96. The molecule has 3 rings (SSSR count). The van der Waals surface area contributed by atoms with Crippen molar-refractivity contribution in [1.29, 1.82) is 0 Å². The fourth-order valence-corrected chi connectivity index (χ4v) is 3.37. The van der Waals surface area contributed by atoms with Crippen LogP contribution < -0.4 is 10.6 Å². The van der Waals surface area contributed by atoms with Crippen LogP contribution in [0.5, 0.6) is 0 Å². The van der Waals surface area contributed by atoms with Crippen LogP contribution in [-0.4, -0.2) is 45.5 Å². The number of carbonyl (C=O) groups is 1. The number of nitrogens with zero attached hydrogens (tertiary/aromatic N) is 3. The summed E-state index contributed by atoms with van der Waals surface area (Å²) in [6.07, 6.45) is 3.49. The molecule has 0 spiro atoms. The Morgan fingerprint density at radius 1 is 1.46 bits per heavy atom. The van der Waals surface area contributed by atoms with Crippen LogP contribution in [-0.2, 0) is 7.05 Å². The SMILES string of the molecule is Cc1nn(C)c(C)c1-c1cc(C(=O)NCCC2CCCNC2)[nH]n1. The molecule has 3 N–H and O–H groups in total. The van der Waals surface area contributed by atoms with Gasteiger partial charge in [-0.2, -0.15) is 10.2 Å². The Morgan fingerprint density at radius 2 is 2.29 bits per heavy atom. The molecule has 1 saturated heterocycles. The fourth-order valence-electron chi connectivity index (χ4n) is 3.37. The predicted molar refractivity (Wildman–Crippen MR) is 92.8 cm³/mol. The van der Waals surface area contributed by atoms with Crippen molar-refractivity contribution in [2.24, 2.45) is 13.0 Å². The lowest BCUT2D eigenvalue weighted by molar-refractivity contribution is 0.0945. The Balaban J connectivity index is 1.59. The van der Waals surface area contributed by atoms with Gasteiger partial charge in [0, 0.05) is 24.8 Å². The van der Waals surface area contributed by atoms with Crippen LogP contribution in [0, 0.1) is 19.8 Å². The number of aryl methyl sites for hydroxylation is 2. The van der Waals surface area contributed by atoms with Crippen molar-refractivity contribution in [3.63, 3.8) is 0 Å². The minimum Gasteiger partial charge on any atom is -0.351 e. The molecule has 7 nitrogen and oxygen atoms in total. The van der Waals surface area contributed by atoms with E-state index in [2.05, 4.69) is 25.9 Å². The lowest BCUT2D eigenvalue weighted by Gasteiger charge is -2.22. The molecule has 7 heteroatoms. The average Bonchev–Trinajstić information content (AvgIpc) is 3.14. The molecular formula is C17H26N6O. The summed E-state index contributed by atoms with van der Waals surface area (Å²) >= 11 is 0. The molecule has 2 aromatic heterocycles. The summed E-state index contributed by atoms with van der Waals surface area (Å²) in [5.41, 5.74) is 4.20. The number of hydrogen-bond acceptors (Lipinski definition) is 4. The van der Waals surface area contributed by atoms with Crippen molar-refractivity contribution >= 4 is 5.91 Å². The lowest BCUT2D eigenvalue weighted by Crippen LogP contribution is -2.33. The zero-order valence-electron chi connectivity index (χ0n) is 14.6. The maximum atomic E-state index is 12.3. The van der Waals surface area contributed by atoms with Crippen molar-refractivity contribution in [3.05, 3.63) is 23.1 Å². The molecule has 1 fully saturated rings. The summed E-state index contributed by atoms with van der Waals surface area (Å²) in [4.78, 5) is 12.3. The molecule has 130 valence electrons. The first kappa shape index (κ1) is 16.7. The second-order valence-electron chi connectivity index (χ2n) is 6.59. The molecule has 0 aromatic carbocycles. The molecule has 1 aliphatic heterocycles. The van der Waals surface area contributed by atoms with Gasteiger partial charge in [-0.3, -0.25) is 14.6 Å². The van der Waals surface area contributed by atoms with E-state index in [9.17, 15) is 4.79 Å². The molecule has 2 aromatic rings. The highest BCUT2D eigenvalue weighted by atomic mass is 16.1. The van der Waals surface area contributed by atoms with E-state index in [1.165, 1.54) is 12.8 Å². The van der Waals surface area contributed by atoms with Crippen molar-refractivity contribution in [2.45, 2.75) is 33.1 Å². The van der Waals surface area contributed by atoms with E-state index in [1.807, 2.05) is 25.6 Å². The molecule has 1 aliphatic rings. The van der Waals surface area contributed by atoms with E-state index in [4.69, 9.17) is 0 Å². The van der Waals surface area contributed by atoms with Crippen LogP contribution in [0.25, 0.3) is 11.3 Å². The number of aromatic nitrogens is 4. The van der Waals surface area contributed by atoms with E-state index < -0.39 is 0 Å². The predicted octanol–water partition coefficient (Wildman–Crippen LogP) is 1.55. The third kappa shape index (κ3) is 3.51. The number of H-pyrrole nitrogens is 1. The normalized spacial score (nSPS) is 17.9. The summed E-state index contributed by atoms with van der Waals surface area (Å²) in [6.45, 7) is 6.83. The Morgan fingerprint density at radius 3 is 2.96 bits per heavy atom. The summed E-state index contributed by atoms with van der Waals surface area (Å²) in [7, 11) is 1.91. The highest BCUT2D eigenvalue weighted by Gasteiger charge is 2.18. The molecule has 3 heterocycles. The zero-order valence-corrected chi connectivity index (χ0v) is 14.6. The Kier molecular flexibility index (Phi) is 4.99. The second-order valence-corrected chi connectivity index (χ2v) is 6.59. The summed E-state index contributed by atoms with van der Waals surface area (Å²) in [5.74, 6) is 0.564. The average molecular weight is 330 g/mol. The number of aromatic amines is 1. The molecular weight excluding hydrogens is 304 g/mol. The number of amides is 1. The standard InChI is InChI=1S/C17H26N6O/c1-11-16(12(2)23(3)22-11)14-9-15(21-20-14)17(24)19-8-6-13-5-4-7-18-10-13/h9,13,18H,4-8,10H2,1-3H3,(H,19,24)(H,20,21). The number of piperidine rings is 1. The number of carbonyl (C=O) groups excluding carboxylic acids is 1. The van der Waals surface area contributed by atoms with Crippen LogP contribution in [0.15, 0.2) is 6.07 Å². The van der Waals surface area contributed by atoms with Gasteiger partial charge >= 0.3 is 0 Å². The minimum absolute atomic E-state index is 0.100. The third-order valence-electron chi connectivity index (χ3n) is 4.82. The first-order chi connectivity index (χ1) is 11.6. The highest BCUT2D eigenvalue weighted by Crippen LogP contribution is 2.25. The Bertz CT molecular complexity index is 711. The van der Waals surface area contributed by atoms with Crippen LogP contribution in [0.4, 0.5) is 0 Å². The topological polar surface area (TPSA) is 87.6 Å². The molecule has 1 amide bonds. The van der Waals surface area contributed by atoms with Gasteiger partial charge in [-0.1, -0.05) is 0 Å². The number of rotatable bonds is 5. The summed E-state index contributed by atoms with van der Waals surface area (Å²) in [6, 6.07) is 1.80. The molecule has 0 radical (unpaired) electrons. The molecule has 24 heavy (non-hydrogen) atoms. The van der Waals surface area contributed by atoms with E-state index >= 15 is 0 Å². The van der Waals surface area contributed by atoms with Gasteiger partial charge < -0.3 is 10.6 Å². The zero-order chi connectivity index (χ0) is 17.1. The molecule has 0 saturated carbocycles. The van der Waals surface area contributed by atoms with E-state index in [-0.39, 0.29) is 5.91 Å². The van der Waals surface area contributed by atoms with E-state index in [0.717, 1.165) is 42.2 Å². The Labute approximate surface area is 142 Å². The fraction of sp³-hybridized carbons (Fsp3) is 0.588. The van der Waals surface area contributed by atoms with Crippen molar-refractivity contribution in [2.75, 3.05) is 19.6 Å². The van der Waals surface area contributed by atoms with E-state index in [1.54, 1.807) is 6.07 Å². The van der Waals surface area contributed by atoms with Gasteiger partial charge in [-0.15, -0.1) is 0 Å². The third-order valence-corrected chi connectivity index (χ3v) is 4.82. The number of nitrogens with one attached hydrogen (secondary N) is 3. The van der Waals surface area contributed by atoms with Crippen LogP contribution in [0.3, 0.4) is 0 Å². The molecule has 0 bridgehead atoms. The summed E-state index contributed by atoms with van der Waals surface area (Å²) < 4.78 is 1.83. The first-order valence-electron chi connectivity index (χ1n) is 8.61. The van der Waals surface area contributed by atoms with E-state index in [0.29, 0.717) is 18.2 Å². The van der Waals surface area contributed by atoms with Crippen molar-refractivity contribution in [1.82, 2.24) is 30.6 Å². The monoisotopic (exact) mass is 330 g/mol. The van der Waals surface area contributed by atoms with Crippen LogP contribution in [0.1, 0.15) is 41.1 Å². The minimum atomic E-state index is -0.100. The highest BCUT2D eigenvalue weighted by molar-refractivity contribution is 5.93. The molecule has 1 atom stereocenters. The summed E-state index contributed by atoms with van der Waals surface area (Å²) in [5, 5.41) is 17.9. The number of hydrogen-bond donors (Lipinski definition) is 3. The van der Waals surface area contributed by atoms with Gasteiger partial charge in [-0.25, -0.2) is 0 Å². The van der Waals surface area contributed by atoms with Crippen LogP contribution >= 0.6 is 0 Å².